The molecule has 29 heteroatoms. The molecule has 2 heterocycles. The average molecular weight is 1220 g/mol. The molecule has 9 N–H and O–H groups in total. The van der Waals surface area contributed by atoms with Gasteiger partial charge < -0.3 is 59.7 Å². The predicted octanol–water partition coefficient (Wildman–Crippen LogP) is 1.70. The first kappa shape index (κ1) is 68.2. The van der Waals surface area contributed by atoms with E-state index in [1.165, 1.54) is 33.9 Å². The van der Waals surface area contributed by atoms with Crippen molar-refractivity contribution in [3.8, 4) is 0 Å². The molecule has 0 saturated carbocycles. The first-order chi connectivity index (χ1) is 34.2. The van der Waals surface area contributed by atoms with Gasteiger partial charge >= 0.3 is 69.7 Å². The third-order valence-corrected chi connectivity index (χ3v) is 11.2. The summed E-state index contributed by atoms with van der Waals surface area (Å²) >= 11 is -2.51. The van der Waals surface area contributed by atoms with Gasteiger partial charge in [0.25, 0.3) is 0 Å². The number of rotatable bonds is 34. The third-order valence-electron chi connectivity index (χ3n) is 10.8. The normalized spacial score (nSPS) is 11.0. The number of aromatic nitrogens is 4. The van der Waals surface area contributed by atoms with E-state index >= 15 is 0 Å². The number of amides is 2. The van der Waals surface area contributed by atoms with Gasteiger partial charge in [0, 0.05) is 112 Å². The predicted molar refractivity (Wildman–Crippen MR) is 241 cm³/mol. The Balaban J connectivity index is 0. The molecule has 3 aromatic rings. The fraction of sp³-hybridized carbons (Fsp3) is 0.477. The Hall–Kier alpha value is -6.85. The van der Waals surface area contributed by atoms with Crippen LogP contribution in [0.1, 0.15) is 101 Å². The zero-order valence-electron chi connectivity index (χ0n) is 39.1. The van der Waals surface area contributed by atoms with E-state index in [0.29, 0.717) is 36.7 Å². The van der Waals surface area contributed by atoms with Crippen LogP contribution in [0.4, 0.5) is 5.69 Å². The minimum absolute atomic E-state index is 0. The molecule has 27 nitrogen and oxygen atoms in total. The molecule has 1 atom stereocenters. The number of anilines is 1. The Kier molecular flexibility index (Phi) is 34.6. The Morgan fingerprint density at radius 2 is 0.904 bits per heavy atom. The number of carboxylic acids is 6. The summed E-state index contributed by atoms with van der Waals surface area (Å²) in [7, 11) is 0. The minimum Gasteiger partial charge on any atom is 0 e. The second-order valence-electron chi connectivity index (χ2n) is 15.8. The molecule has 0 fully saturated rings. The molecular weight excluding hydrogens is 1160 g/mol. The van der Waals surface area contributed by atoms with Crippen LogP contribution in [0.3, 0.4) is 0 Å². The molecule has 0 aliphatic carbocycles. The second kappa shape index (κ2) is 37.0. The summed E-state index contributed by atoms with van der Waals surface area (Å²) in [5.41, 5.74) is -1.69. The van der Waals surface area contributed by atoms with Crippen molar-refractivity contribution in [3.05, 3.63) is 86.2 Å². The van der Waals surface area contributed by atoms with E-state index in [4.69, 9.17) is 14.0 Å². The number of nitrogens with zero attached hydrogens (tertiary/aromatic N) is 5. The summed E-state index contributed by atoms with van der Waals surface area (Å²) in [6.45, 7) is 13.3. The maximum atomic E-state index is 13.6. The van der Waals surface area contributed by atoms with Gasteiger partial charge in [-0.3, -0.25) is 47.5 Å². The molecule has 0 aliphatic heterocycles. The van der Waals surface area contributed by atoms with Crippen molar-refractivity contribution in [3.63, 3.8) is 0 Å². The molecule has 3 rings (SSSR count). The first-order valence-corrected chi connectivity index (χ1v) is 22.5. The molecule has 2 amide bonds. The van der Waals surface area contributed by atoms with Crippen LogP contribution in [0.5, 0.6) is 0 Å². The van der Waals surface area contributed by atoms with Crippen molar-refractivity contribution < 1.29 is 112 Å². The van der Waals surface area contributed by atoms with E-state index in [-0.39, 0.29) is 85.1 Å². The molecule has 1 unspecified atom stereocenters. The SMILES string of the molecule is O=C(O)CCC(CCC(=O)O)(CCC(=O)O)NC(=O)Cn1ccnc1CN(CCCc1ccc(NS(=O)[O-])cc1)Cc1nccn1CC(=O)NC(CCC(=O)O)(CCC(=O)O)CCC(=O)O.[C-]#[O+].[C-]#[O+].[C-]#[O+].[Re]. The number of carbonyl (C=O) groups excluding carboxylic acids is 2. The topological polar surface area (TPSA) is 433 Å². The van der Waals surface area contributed by atoms with Gasteiger partial charge in [0.2, 0.25) is 11.8 Å². The van der Waals surface area contributed by atoms with E-state index in [1.807, 2.05) is 4.90 Å². The zero-order chi connectivity index (χ0) is 54.9. The van der Waals surface area contributed by atoms with Crippen LogP contribution >= 0.6 is 0 Å². The monoisotopic (exact) mass is 1220 g/mol. The fourth-order valence-electron chi connectivity index (χ4n) is 7.41. The second-order valence-corrected chi connectivity index (χ2v) is 16.5. The van der Waals surface area contributed by atoms with Gasteiger partial charge in [0.1, 0.15) is 24.7 Å². The van der Waals surface area contributed by atoms with Gasteiger partial charge in [-0.25, -0.2) is 9.97 Å². The first-order valence-electron chi connectivity index (χ1n) is 21.4. The van der Waals surface area contributed by atoms with Crippen molar-refractivity contribution >= 4 is 64.6 Å². The van der Waals surface area contributed by atoms with Crippen LogP contribution in [0, 0.1) is 20.0 Å². The maximum Gasteiger partial charge on any atom is 0 e. The van der Waals surface area contributed by atoms with Gasteiger partial charge in [0.15, 0.2) is 0 Å². The summed E-state index contributed by atoms with van der Waals surface area (Å²) in [5.74, 6) is -7.92. The van der Waals surface area contributed by atoms with Crippen LogP contribution in [0.2, 0.25) is 0 Å². The number of carbonyl (C=O) groups is 8. The van der Waals surface area contributed by atoms with Crippen molar-refractivity contribution in [1.82, 2.24) is 34.6 Å². The van der Waals surface area contributed by atoms with Crippen molar-refractivity contribution in [2.45, 2.75) is 127 Å². The van der Waals surface area contributed by atoms with Gasteiger partial charge in [-0.05, 0) is 75.6 Å². The Morgan fingerprint density at radius 3 is 1.19 bits per heavy atom. The number of hydrogen-bond donors (Lipinski definition) is 9. The molecule has 399 valence electrons. The van der Waals surface area contributed by atoms with Gasteiger partial charge in [-0.1, -0.05) is 12.1 Å². The van der Waals surface area contributed by atoms with E-state index in [2.05, 4.69) is 45.3 Å². The molecule has 2 aromatic heterocycles. The number of aliphatic carboxylic acids is 6. The van der Waals surface area contributed by atoms with Crippen LogP contribution in [-0.2, 0) is 117 Å². The van der Waals surface area contributed by atoms with E-state index in [1.54, 1.807) is 24.3 Å². The number of hydrogen-bond acceptors (Lipinski definition) is 13. The van der Waals surface area contributed by atoms with Crippen molar-refractivity contribution in [1.29, 1.82) is 0 Å². The Bertz CT molecular complexity index is 2110. The number of carboxylic acid groups (broad SMARTS) is 6. The zero-order valence-corrected chi connectivity index (χ0v) is 42.6. The molecular formula is C44H55N8O19ReS-. The van der Waals surface area contributed by atoms with Crippen LogP contribution in [-0.4, -0.2) is 129 Å². The Labute approximate surface area is 434 Å². The molecule has 0 aliphatic rings. The minimum atomic E-state index is -2.51. The Morgan fingerprint density at radius 1 is 0.589 bits per heavy atom. The summed E-state index contributed by atoms with van der Waals surface area (Å²) < 4.78 is 49.9. The fourth-order valence-corrected chi connectivity index (χ4v) is 7.74. The third kappa shape index (κ3) is 28.7. The van der Waals surface area contributed by atoms with Crippen molar-refractivity contribution in [2.75, 3.05) is 11.3 Å². The number of nitrogens with one attached hydrogen (secondary N) is 3. The summed E-state index contributed by atoms with van der Waals surface area (Å²) in [6.07, 6.45) is 2.80. The maximum absolute atomic E-state index is 13.6. The van der Waals surface area contributed by atoms with Crippen LogP contribution in [0.25, 0.3) is 0 Å². The summed E-state index contributed by atoms with van der Waals surface area (Å²) in [5, 5.41) is 61.9. The quantitative estimate of drug-likeness (QED) is 0.0233. The van der Waals surface area contributed by atoms with E-state index < -0.39 is 108 Å². The summed E-state index contributed by atoms with van der Waals surface area (Å²) in [4.78, 5) is 107. The van der Waals surface area contributed by atoms with Crippen LogP contribution < -0.4 is 15.4 Å². The van der Waals surface area contributed by atoms with E-state index in [0.717, 1.165) is 5.56 Å². The molecule has 0 saturated heterocycles. The van der Waals surface area contributed by atoms with Crippen LogP contribution in [0.15, 0.2) is 49.1 Å². The number of imidazole rings is 2. The van der Waals surface area contributed by atoms with Gasteiger partial charge in [-0.15, -0.1) is 0 Å². The van der Waals surface area contributed by atoms with E-state index in [9.17, 15) is 77.8 Å². The van der Waals surface area contributed by atoms with Gasteiger partial charge in [0.05, 0.1) is 13.1 Å². The average Bonchev–Trinajstić information content (AvgIpc) is 3.97. The molecule has 0 spiro atoms. The molecule has 73 heavy (non-hydrogen) atoms. The molecule has 1 aromatic carbocycles. The number of benzene rings is 1. The van der Waals surface area contributed by atoms with Crippen molar-refractivity contribution in [2.24, 2.45) is 0 Å². The standard InChI is InChI=1S/C41H56N8O16S.3CO.Re/c50-32(44-40(13-7-34(52)53,14-8-35(54)55)15-9-36(56)57)26-48-22-19-42-30(48)24-47(21-1-2-28-3-5-29(6-4-28)46-66(64)65)25-31-43-20-23-49(31)27-33(51)45-41(16-10-37(58)59,17-11-38(60)61)18-12-39(62)63;3*1-2;/h3-6,19-20,22-23,46H,1-2,7-18,21,24-27H2,(H,44,50)(H,45,51)(H,52,53)(H,54,55)(H,56,57)(H,58,59)(H,60,61)(H,62,63)(H,64,65);;;;/p-1. The molecule has 1 radical (unpaired) electrons. The summed E-state index contributed by atoms with van der Waals surface area (Å²) in [6, 6.07) is 6.71. The molecule has 0 bridgehead atoms. The smallest absolute Gasteiger partial charge is 0 e. The number of aryl methyl sites for hydroxylation is 1. The largest absolute Gasteiger partial charge is 0 e. The van der Waals surface area contributed by atoms with Gasteiger partial charge in [-0.2, -0.15) is 0 Å².